The maximum Gasteiger partial charge on any atom is 0.133 e. The lowest BCUT2D eigenvalue weighted by Gasteiger charge is -2.32. The normalized spacial score (nSPS) is 19.1. The molecule has 1 aromatic heterocycles. The van der Waals surface area contributed by atoms with Crippen LogP contribution in [-0.2, 0) is 6.54 Å². The van der Waals surface area contributed by atoms with Crippen LogP contribution in [0.4, 0.5) is 5.82 Å². The monoisotopic (exact) mass is 285 g/mol. The van der Waals surface area contributed by atoms with Crippen LogP contribution < -0.4 is 10.2 Å². The second-order valence-corrected chi connectivity index (χ2v) is 5.69. The molecule has 112 valence electrons. The molecular weight excluding hydrogens is 262 g/mol. The second-order valence-electron chi connectivity index (χ2n) is 5.69. The number of fused-ring (bicyclic) bond motifs is 1. The number of aliphatic hydroxyl groups is 1. The number of β-amino-alcohol motifs (C(OH)–C–C–N with tert-alkyl or cyclic N) is 1. The summed E-state index contributed by atoms with van der Waals surface area (Å²) < 4.78 is 0. The highest BCUT2D eigenvalue weighted by Crippen LogP contribution is 2.26. The van der Waals surface area contributed by atoms with E-state index in [0.29, 0.717) is 6.54 Å². The van der Waals surface area contributed by atoms with Gasteiger partial charge in [0.1, 0.15) is 5.82 Å². The molecule has 4 nitrogen and oxygen atoms in total. The van der Waals surface area contributed by atoms with Crippen molar-refractivity contribution in [1.82, 2.24) is 10.3 Å². The van der Waals surface area contributed by atoms with Gasteiger partial charge in [0.2, 0.25) is 0 Å². The summed E-state index contributed by atoms with van der Waals surface area (Å²) >= 11 is 0. The third-order valence-corrected chi connectivity index (χ3v) is 4.04. The second kappa shape index (κ2) is 6.41. The van der Waals surface area contributed by atoms with Crippen molar-refractivity contribution >= 4 is 16.7 Å². The van der Waals surface area contributed by atoms with Crippen molar-refractivity contribution in [3.63, 3.8) is 0 Å². The Balaban J connectivity index is 2.00. The number of anilines is 1. The van der Waals surface area contributed by atoms with E-state index in [1.807, 2.05) is 12.1 Å². The standard InChI is InChI=1S/C17H23N3O/c1-2-18-11-14-10-13-6-3-4-8-16(13)19-17(14)20-9-5-7-15(21)12-20/h3-4,6,8,10,15,18,21H,2,5,7,9,11-12H2,1H3. The van der Waals surface area contributed by atoms with Crippen LogP contribution in [0.1, 0.15) is 25.3 Å². The molecule has 1 unspecified atom stereocenters. The van der Waals surface area contributed by atoms with E-state index in [1.165, 1.54) is 10.9 Å². The van der Waals surface area contributed by atoms with E-state index in [2.05, 4.69) is 35.3 Å². The minimum absolute atomic E-state index is 0.237. The zero-order valence-corrected chi connectivity index (χ0v) is 12.5. The first-order chi connectivity index (χ1) is 10.3. The molecule has 1 aromatic carbocycles. The molecule has 21 heavy (non-hydrogen) atoms. The number of aromatic nitrogens is 1. The number of hydrogen-bond donors (Lipinski definition) is 2. The molecule has 2 aromatic rings. The summed E-state index contributed by atoms with van der Waals surface area (Å²) in [6.45, 7) is 5.52. The van der Waals surface area contributed by atoms with Crippen molar-refractivity contribution in [1.29, 1.82) is 0 Å². The lowest BCUT2D eigenvalue weighted by Crippen LogP contribution is -2.39. The Bertz CT molecular complexity index is 614. The number of para-hydroxylation sites is 1. The Labute approximate surface area is 125 Å². The van der Waals surface area contributed by atoms with Gasteiger partial charge >= 0.3 is 0 Å². The van der Waals surface area contributed by atoms with Crippen molar-refractivity contribution in [3.05, 3.63) is 35.9 Å². The van der Waals surface area contributed by atoms with Crippen molar-refractivity contribution in [2.75, 3.05) is 24.5 Å². The molecule has 1 aliphatic rings. The van der Waals surface area contributed by atoms with Crippen LogP contribution in [0.5, 0.6) is 0 Å². The van der Waals surface area contributed by atoms with Crippen LogP contribution in [0.15, 0.2) is 30.3 Å². The number of benzene rings is 1. The highest BCUT2D eigenvalue weighted by molar-refractivity contribution is 5.81. The third-order valence-electron chi connectivity index (χ3n) is 4.04. The van der Waals surface area contributed by atoms with Crippen molar-refractivity contribution in [2.45, 2.75) is 32.4 Å². The van der Waals surface area contributed by atoms with E-state index in [1.54, 1.807) is 0 Å². The highest BCUT2D eigenvalue weighted by Gasteiger charge is 2.21. The topological polar surface area (TPSA) is 48.4 Å². The Morgan fingerprint density at radius 3 is 3.05 bits per heavy atom. The number of pyridine rings is 1. The van der Waals surface area contributed by atoms with Crippen LogP contribution in [0.2, 0.25) is 0 Å². The van der Waals surface area contributed by atoms with Gasteiger partial charge < -0.3 is 15.3 Å². The van der Waals surface area contributed by atoms with Gasteiger partial charge in [-0.25, -0.2) is 4.98 Å². The molecule has 0 radical (unpaired) electrons. The molecular formula is C17H23N3O. The Hall–Kier alpha value is -1.65. The van der Waals surface area contributed by atoms with Crippen molar-refractivity contribution < 1.29 is 5.11 Å². The first kappa shape index (κ1) is 14.3. The van der Waals surface area contributed by atoms with Gasteiger partial charge in [-0.2, -0.15) is 0 Å². The molecule has 0 saturated carbocycles. The zero-order chi connectivity index (χ0) is 14.7. The molecule has 2 N–H and O–H groups in total. The summed E-state index contributed by atoms with van der Waals surface area (Å²) in [6.07, 6.45) is 1.68. The van der Waals surface area contributed by atoms with E-state index >= 15 is 0 Å². The first-order valence-electron chi connectivity index (χ1n) is 7.80. The van der Waals surface area contributed by atoms with E-state index in [0.717, 1.165) is 43.8 Å². The summed E-state index contributed by atoms with van der Waals surface area (Å²) in [5.74, 6) is 1.02. The summed E-state index contributed by atoms with van der Waals surface area (Å²) in [4.78, 5) is 7.09. The fourth-order valence-corrected chi connectivity index (χ4v) is 2.96. The molecule has 3 rings (SSSR count). The van der Waals surface area contributed by atoms with Crippen LogP contribution in [0.3, 0.4) is 0 Å². The van der Waals surface area contributed by atoms with Gasteiger partial charge in [-0.1, -0.05) is 25.1 Å². The number of piperidine rings is 1. The smallest absolute Gasteiger partial charge is 0.133 e. The molecule has 1 aliphatic heterocycles. The third kappa shape index (κ3) is 3.17. The molecule has 4 heteroatoms. The van der Waals surface area contributed by atoms with Gasteiger partial charge in [-0.15, -0.1) is 0 Å². The predicted molar refractivity (Wildman–Crippen MR) is 86.6 cm³/mol. The maximum absolute atomic E-state index is 9.94. The van der Waals surface area contributed by atoms with Crippen LogP contribution >= 0.6 is 0 Å². The molecule has 1 saturated heterocycles. The fourth-order valence-electron chi connectivity index (χ4n) is 2.96. The minimum Gasteiger partial charge on any atom is -0.391 e. The molecule has 2 heterocycles. The van der Waals surface area contributed by atoms with Crippen molar-refractivity contribution in [3.8, 4) is 0 Å². The summed E-state index contributed by atoms with van der Waals surface area (Å²) in [7, 11) is 0. The molecule has 0 bridgehead atoms. The minimum atomic E-state index is -0.237. The molecule has 0 amide bonds. The quantitative estimate of drug-likeness (QED) is 0.905. The molecule has 0 aliphatic carbocycles. The van der Waals surface area contributed by atoms with Gasteiger partial charge in [-0.3, -0.25) is 0 Å². The summed E-state index contributed by atoms with van der Waals surface area (Å²) in [6, 6.07) is 10.4. The molecule has 0 spiro atoms. The number of nitrogens with zero attached hydrogens (tertiary/aromatic N) is 2. The Morgan fingerprint density at radius 1 is 1.38 bits per heavy atom. The Kier molecular flexibility index (Phi) is 4.36. The van der Waals surface area contributed by atoms with E-state index in [4.69, 9.17) is 4.98 Å². The summed E-state index contributed by atoms with van der Waals surface area (Å²) in [5, 5.41) is 14.5. The number of rotatable bonds is 4. The van der Waals surface area contributed by atoms with E-state index < -0.39 is 0 Å². The highest BCUT2D eigenvalue weighted by atomic mass is 16.3. The average Bonchev–Trinajstić information content (AvgIpc) is 2.52. The SMILES string of the molecule is CCNCc1cc2ccccc2nc1N1CCCC(O)C1. The van der Waals surface area contributed by atoms with Gasteiger partial charge in [0.15, 0.2) is 0 Å². The number of nitrogens with one attached hydrogen (secondary N) is 1. The lowest BCUT2D eigenvalue weighted by atomic mass is 10.1. The Morgan fingerprint density at radius 2 is 2.24 bits per heavy atom. The molecule has 1 fully saturated rings. The largest absolute Gasteiger partial charge is 0.391 e. The summed E-state index contributed by atoms with van der Waals surface area (Å²) in [5.41, 5.74) is 2.23. The van der Waals surface area contributed by atoms with Crippen molar-refractivity contribution in [2.24, 2.45) is 0 Å². The van der Waals surface area contributed by atoms with Gasteiger partial charge in [0.25, 0.3) is 0 Å². The maximum atomic E-state index is 9.94. The van der Waals surface area contributed by atoms with E-state index in [9.17, 15) is 5.11 Å². The van der Waals surface area contributed by atoms with Crippen LogP contribution in [0.25, 0.3) is 10.9 Å². The van der Waals surface area contributed by atoms with Crippen LogP contribution in [0, 0.1) is 0 Å². The zero-order valence-electron chi connectivity index (χ0n) is 12.5. The van der Waals surface area contributed by atoms with Crippen LogP contribution in [-0.4, -0.2) is 35.8 Å². The molecule has 1 atom stereocenters. The number of hydrogen-bond acceptors (Lipinski definition) is 4. The number of aliphatic hydroxyl groups excluding tert-OH is 1. The fraction of sp³-hybridized carbons (Fsp3) is 0.471. The van der Waals surface area contributed by atoms with Gasteiger partial charge in [-0.05, 0) is 31.5 Å². The average molecular weight is 285 g/mol. The first-order valence-corrected chi connectivity index (χ1v) is 7.80. The van der Waals surface area contributed by atoms with Gasteiger partial charge in [0, 0.05) is 30.6 Å². The lowest BCUT2D eigenvalue weighted by molar-refractivity contribution is 0.154. The van der Waals surface area contributed by atoms with E-state index in [-0.39, 0.29) is 6.10 Å². The predicted octanol–water partition coefficient (Wildman–Crippen LogP) is 2.31. The van der Waals surface area contributed by atoms with Gasteiger partial charge in [0.05, 0.1) is 11.6 Å².